The average molecular weight is 311 g/mol. The van der Waals surface area contributed by atoms with E-state index in [1.54, 1.807) is 11.9 Å². The van der Waals surface area contributed by atoms with Crippen molar-refractivity contribution < 1.29 is 9.90 Å². The largest absolute Gasteiger partial charge is 0.465 e. The zero-order valence-corrected chi connectivity index (χ0v) is 13.7. The first-order valence-electron chi connectivity index (χ1n) is 7.14. The second kappa shape index (κ2) is 8.79. The number of carbonyl (C=O) groups is 1. The van der Waals surface area contributed by atoms with Crippen molar-refractivity contribution in [3.05, 3.63) is 24.3 Å². The summed E-state index contributed by atoms with van der Waals surface area (Å²) in [6.45, 7) is 8.02. The first-order valence-corrected chi connectivity index (χ1v) is 7.92. The highest BCUT2D eigenvalue weighted by molar-refractivity contribution is 7.97. The third kappa shape index (κ3) is 7.82. The van der Waals surface area contributed by atoms with E-state index in [1.165, 1.54) is 0 Å². The van der Waals surface area contributed by atoms with Crippen molar-refractivity contribution in [2.75, 3.05) is 18.8 Å². The van der Waals surface area contributed by atoms with Gasteiger partial charge in [0.2, 0.25) is 0 Å². The lowest BCUT2D eigenvalue weighted by molar-refractivity contribution is 0.189. The van der Waals surface area contributed by atoms with Crippen LogP contribution in [-0.4, -0.2) is 34.6 Å². The summed E-state index contributed by atoms with van der Waals surface area (Å²) in [5.74, 6) is 0.550. The average Bonchev–Trinajstić information content (AvgIpc) is 2.37. The summed E-state index contributed by atoms with van der Waals surface area (Å²) < 4.78 is 2.27. The second-order valence-corrected chi connectivity index (χ2v) is 6.75. The van der Waals surface area contributed by atoms with E-state index >= 15 is 0 Å². The summed E-state index contributed by atoms with van der Waals surface area (Å²) in [5.41, 5.74) is 6.45. The summed E-state index contributed by atoms with van der Waals surface area (Å²) >= 11 is 1.69. The van der Waals surface area contributed by atoms with Gasteiger partial charge in [0, 0.05) is 29.7 Å². The lowest BCUT2D eigenvalue weighted by atomic mass is 10.2. The molecule has 118 valence electrons. The van der Waals surface area contributed by atoms with Crippen molar-refractivity contribution in [2.45, 2.75) is 38.1 Å². The number of carboxylic acid groups (broad SMARTS) is 1. The topological polar surface area (TPSA) is 78.6 Å². The molecule has 1 aromatic carbocycles. The highest BCUT2D eigenvalue weighted by Gasteiger charge is 2.12. The smallest absolute Gasteiger partial charge is 0.404 e. The van der Waals surface area contributed by atoms with E-state index in [9.17, 15) is 4.79 Å². The molecule has 1 aromatic rings. The van der Waals surface area contributed by atoms with Crippen molar-refractivity contribution in [3.63, 3.8) is 0 Å². The molecule has 1 rings (SSSR count). The van der Waals surface area contributed by atoms with Gasteiger partial charge in [0.15, 0.2) is 0 Å². The molecule has 1 atom stereocenters. The molecule has 1 unspecified atom stereocenters. The molecule has 0 spiro atoms. The van der Waals surface area contributed by atoms with Crippen LogP contribution in [0, 0.1) is 5.92 Å². The van der Waals surface area contributed by atoms with Crippen LogP contribution in [0.5, 0.6) is 0 Å². The van der Waals surface area contributed by atoms with Crippen LogP contribution < -0.4 is 11.1 Å². The van der Waals surface area contributed by atoms with Gasteiger partial charge in [-0.2, -0.15) is 0 Å². The molecule has 21 heavy (non-hydrogen) atoms. The summed E-state index contributed by atoms with van der Waals surface area (Å²) in [4.78, 5) is 11.8. The van der Waals surface area contributed by atoms with Crippen LogP contribution >= 0.6 is 11.9 Å². The normalized spacial score (nSPS) is 12.6. The minimum Gasteiger partial charge on any atom is -0.465 e. The maximum absolute atomic E-state index is 10.6. The van der Waals surface area contributed by atoms with Gasteiger partial charge < -0.3 is 16.2 Å². The molecular formula is C15H25N3O2S. The number of nitrogens with two attached hydrogens (primary N) is 1. The van der Waals surface area contributed by atoms with Gasteiger partial charge in [0.05, 0.1) is 0 Å². The van der Waals surface area contributed by atoms with Crippen molar-refractivity contribution in [1.29, 1.82) is 0 Å². The number of nitrogen functional groups attached to an aromatic ring is 1. The quantitative estimate of drug-likeness (QED) is 0.507. The van der Waals surface area contributed by atoms with E-state index in [4.69, 9.17) is 10.8 Å². The number of hydrogen-bond donors (Lipinski definition) is 3. The Balaban J connectivity index is 2.54. The first kappa shape index (κ1) is 17.7. The maximum atomic E-state index is 10.6. The van der Waals surface area contributed by atoms with Crippen molar-refractivity contribution in [2.24, 2.45) is 5.92 Å². The van der Waals surface area contributed by atoms with Crippen LogP contribution in [0.4, 0.5) is 10.5 Å². The minimum absolute atomic E-state index is 0.0517. The summed E-state index contributed by atoms with van der Waals surface area (Å²) in [5, 5.41) is 11.2. The van der Waals surface area contributed by atoms with Gasteiger partial charge in [0.25, 0.3) is 0 Å². The molecule has 0 aliphatic carbocycles. The SMILES string of the molecule is CC(C)CN(CCC(C)NC(=O)O)Sc1ccc(N)cc1. The fourth-order valence-corrected chi connectivity index (χ4v) is 3.01. The Morgan fingerprint density at radius 3 is 2.48 bits per heavy atom. The lowest BCUT2D eigenvalue weighted by Gasteiger charge is -2.24. The summed E-state index contributed by atoms with van der Waals surface area (Å²) in [7, 11) is 0. The Morgan fingerprint density at radius 1 is 1.33 bits per heavy atom. The Bertz CT molecular complexity index is 437. The molecule has 6 heteroatoms. The number of nitrogens with one attached hydrogen (secondary N) is 1. The summed E-state index contributed by atoms with van der Waals surface area (Å²) in [6, 6.07) is 7.75. The van der Waals surface area contributed by atoms with E-state index in [0.717, 1.165) is 30.1 Å². The fourth-order valence-electron chi connectivity index (χ4n) is 1.88. The first-order chi connectivity index (χ1) is 9.86. The molecule has 1 amide bonds. The Labute approximate surface area is 131 Å². The van der Waals surface area contributed by atoms with Crippen LogP contribution in [0.2, 0.25) is 0 Å². The Morgan fingerprint density at radius 2 is 1.95 bits per heavy atom. The molecule has 0 saturated carbocycles. The van der Waals surface area contributed by atoms with Gasteiger partial charge in [-0.15, -0.1) is 0 Å². The number of hydrogen-bond acceptors (Lipinski definition) is 4. The van der Waals surface area contributed by atoms with E-state index in [0.29, 0.717) is 5.92 Å². The monoisotopic (exact) mass is 311 g/mol. The third-order valence-electron chi connectivity index (χ3n) is 2.86. The lowest BCUT2D eigenvalue weighted by Crippen LogP contribution is -2.34. The zero-order valence-electron chi connectivity index (χ0n) is 12.9. The molecule has 0 aromatic heterocycles. The van der Waals surface area contributed by atoms with Gasteiger partial charge in [-0.3, -0.25) is 0 Å². The molecule has 5 nitrogen and oxygen atoms in total. The number of benzene rings is 1. The van der Waals surface area contributed by atoms with Crippen molar-refractivity contribution >= 4 is 23.7 Å². The van der Waals surface area contributed by atoms with Gasteiger partial charge >= 0.3 is 6.09 Å². The predicted octanol–water partition coefficient (Wildman–Crippen LogP) is 3.28. The van der Waals surface area contributed by atoms with Crippen LogP contribution in [0.1, 0.15) is 27.2 Å². The van der Waals surface area contributed by atoms with Crippen molar-refractivity contribution in [3.8, 4) is 0 Å². The van der Waals surface area contributed by atoms with Gasteiger partial charge in [-0.25, -0.2) is 9.10 Å². The van der Waals surface area contributed by atoms with E-state index in [2.05, 4.69) is 23.5 Å². The molecule has 0 bridgehead atoms. The molecule has 0 heterocycles. The van der Waals surface area contributed by atoms with Crippen LogP contribution in [0.25, 0.3) is 0 Å². The Hall–Kier alpha value is -1.40. The number of anilines is 1. The van der Waals surface area contributed by atoms with E-state index in [-0.39, 0.29) is 6.04 Å². The number of nitrogens with zero attached hydrogens (tertiary/aromatic N) is 1. The van der Waals surface area contributed by atoms with Crippen LogP contribution in [0.3, 0.4) is 0 Å². The molecule has 0 saturated heterocycles. The van der Waals surface area contributed by atoms with Gasteiger partial charge in [0.1, 0.15) is 0 Å². The molecular weight excluding hydrogens is 286 g/mol. The second-order valence-electron chi connectivity index (χ2n) is 5.58. The Kier molecular flexibility index (Phi) is 7.39. The predicted molar refractivity (Wildman–Crippen MR) is 88.4 cm³/mol. The van der Waals surface area contributed by atoms with Gasteiger partial charge in [-0.05, 0) is 55.5 Å². The zero-order chi connectivity index (χ0) is 15.8. The van der Waals surface area contributed by atoms with Gasteiger partial charge in [-0.1, -0.05) is 13.8 Å². The van der Waals surface area contributed by atoms with Crippen LogP contribution in [-0.2, 0) is 0 Å². The van der Waals surface area contributed by atoms with E-state index in [1.807, 2.05) is 31.2 Å². The van der Waals surface area contributed by atoms with E-state index < -0.39 is 6.09 Å². The minimum atomic E-state index is -0.968. The summed E-state index contributed by atoms with van der Waals surface area (Å²) in [6.07, 6.45) is -0.190. The highest BCUT2D eigenvalue weighted by Crippen LogP contribution is 2.25. The third-order valence-corrected chi connectivity index (χ3v) is 3.94. The van der Waals surface area contributed by atoms with Crippen LogP contribution in [0.15, 0.2) is 29.2 Å². The molecule has 0 fully saturated rings. The fraction of sp³-hybridized carbons (Fsp3) is 0.533. The highest BCUT2D eigenvalue weighted by atomic mass is 32.2. The molecule has 0 radical (unpaired) electrons. The van der Waals surface area contributed by atoms with Crippen molar-refractivity contribution in [1.82, 2.24) is 9.62 Å². The standard InChI is InChI=1S/C15H25N3O2S/c1-11(2)10-18(9-8-12(3)17-15(19)20)21-14-6-4-13(16)5-7-14/h4-7,11-12,17H,8-10,16H2,1-3H3,(H,19,20). The molecule has 4 N–H and O–H groups in total. The molecule has 0 aliphatic heterocycles. The molecule has 0 aliphatic rings. The number of amides is 1. The maximum Gasteiger partial charge on any atom is 0.404 e. The number of rotatable bonds is 8.